The highest BCUT2D eigenvalue weighted by Gasteiger charge is 2.34. The van der Waals surface area contributed by atoms with Crippen molar-refractivity contribution in [2.75, 3.05) is 6.61 Å². The van der Waals surface area contributed by atoms with Gasteiger partial charge in [-0.15, -0.1) is 0 Å². The Kier molecular flexibility index (Phi) is 4.59. The largest absolute Gasteiger partial charge is 0.490 e. The number of carbonyl (C=O) groups excluding carboxylic acids is 1. The van der Waals surface area contributed by atoms with Gasteiger partial charge in [0, 0.05) is 6.61 Å². The van der Waals surface area contributed by atoms with E-state index in [0.29, 0.717) is 17.9 Å². The fourth-order valence-electron chi connectivity index (χ4n) is 2.58. The number of ketones is 1. The monoisotopic (exact) mass is 262 g/mol. The first-order valence-electron chi connectivity index (χ1n) is 7.05. The first-order chi connectivity index (χ1) is 9.13. The third-order valence-electron chi connectivity index (χ3n) is 3.46. The lowest BCUT2D eigenvalue weighted by Gasteiger charge is -2.18. The van der Waals surface area contributed by atoms with Gasteiger partial charge in [0.25, 0.3) is 0 Å². The van der Waals surface area contributed by atoms with Crippen molar-refractivity contribution in [3.8, 4) is 5.75 Å². The third-order valence-corrected chi connectivity index (χ3v) is 3.46. The second kappa shape index (κ2) is 6.20. The lowest BCUT2D eigenvalue weighted by molar-refractivity contribution is 0.0685. The van der Waals surface area contributed by atoms with Crippen LogP contribution in [0.25, 0.3) is 0 Å². The molecule has 0 radical (unpaired) electrons. The molecular formula is C16H22O3. The lowest BCUT2D eigenvalue weighted by Crippen LogP contribution is -2.24. The average Bonchev–Trinajstić information content (AvgIpc) is 2.86. The Morgan fingerprint density at radius 1 is 1.42 bits per heavy atom. The highest BCUT2D eigenvalue weighted by molar-refractivity contribution is 6.00. The number of para-hydroxylation sites is 1. The van der Waals surface area contributed by atoms with Crippen LogP contribution < -0.4 is 4.74 Å². The third kappa shape index (κ3) is 3.16. The SMILES string of the molecule is CCC1OCCC1C(=O)c1ccccc1OC(C)C. The molecule has 0 N–H and O–H groups in total. The van der Waals surface area contributed by atoms with Gasteiger partial charge in [-0.25, -0.2) is 0 Å². The molecule has 104 valence electrons. The summed E-state index contributed by atoms with van der Waals surface area (Å²) in [5, 5.41) is 0. The van der Waals surface area contributed by atoms with Gasteiger partial charge in [0.2, 0.25) is 0 Å². The first-order valence-corrected chi connectivity index (χ1v) is 7.05. The number of ether oxygens (including phenoxy) is 2. The fraction of sp³-hybridized carbons (Fsp3) is 0.562. The van der Waals surface area contributed by atoms with Gasteiger partial charge in [-0.3, -0.25) is 4.79 Å². The number of carbonyl (C=O) groups is 1. The van der Waals surface area contributed by atoms with Gasteiger partial charge in [-0.05, 0) is 38.8 Å². The predicted molar refractivity (Wildman–Crippen MR) is 74.7 cm³/mol. The summed E-state index contributed by atoms with van der Waals surface area (Å²) in [5.74, 6) is 0.812. The van der Waals surface area contributed by atoms with E-state index < -0.39 is 0 Å². The van der Waals surface area contributed by atoms with Crippen molar-refractivity contribution in [3.05, 3.63) is 29.8 Å². The molecule has 0 amide bonds. The Hall–Kier alpha value is -1.35. The Morgan fingerprint density at radius 2 is 2.16 bits per heavy atom. The Balaban J connectivity index is 2.23. The van der Waals surface area contributed by atoms with Crippen molar-refractivity contribution in [1.82, 2.24) is 0 Å². The van der Waals surface area contributed by atoms with Crippen LogP contribution in [0, 0.1) is 5.92 Å². The van der Waals surface area contributed by atoms with Crippen LogP contribution in [0.3, 0.4) is 0 Å². The van der Waals surface area contributed by atoms with E-state index in [4.69, 9.17) is 9.47 Å². The lowest BCUT2D eigenvalue weighted by atomic mass is 9.90. The van der Waals surface area contributed by atoms with E-state index in [2.05, 4.69) is 6.92 Å². The van der Waals surface area contributed by atoms with Crippen LogP contribution in [0.4, 0.5) is 0 Å². The van der Waals surface area contributed by atoms with Crippen LogP contribution in [0.1, 0.15) is 44.0 Å². The van der Waals surface area contributed by atoms with Gasteiger partial charge in [-0.1, -0.05) is 19.1 Å². The van der Waals surface area contributed by atoms with Gasteiger partial charge in [0.15, 0.2) is 5.78 Å². The number of rotatable bonds is 5. The molecule has 3 heteroatoms. The van der Waals surface area contributed by atoms with Crippen molar-refractivity contribution < 1.29 is 14.3 Å². The first kappa shape index (κ1) is 14.1. The molecule has 1 aliphatic rings. The summed E-state index contributed by atoms with van der Waals surface area (Å²) in [6.07, 6.45) is 1.81. The molecule has 2 atom stereocenters. The molecule has 3 nitrogen and oxygen atoms in total. The number of hydrogen-bond donors (Lipinski definition) is 0. The molecule has 1 aromatic carbocycles. The molecular weight excluding hydrogens is 240 g/mol. The van der Waals surface area contributed by atoms with Crippen molar-refractivity contribution in [1.29, 1.82) is 0 Å². The molecule has 1 saturated heterocycles. The van der Waals surface area contributed by atoms with Crippen molar-refractivity contribution >= 4 is 5.78 Å². The minimum absolute atomic E-state index is 0.0260. The maximum atomic E-state index is 12.7. The van der Waals surface area contributed by atoms with Crippen LogP contribution in [-0.2, 0) is 4.74 Å². The van der Waals surface area contributed by atoms with E-state index in [9.17, 15) is 4.79 Å². The van der Waals surface area contributed by atoms with Crippen molar-refractivity contribution in [2.24, 2.45) is 5.92 Å². The summed E-state index contributed by atoms with van der Waals surface area (Å²) in [6.45, 7) is 6.68. The number of Topliss-reactive ketones (excluding diaryl/α,β-unsaturated/α-hetero) is 1. The Morgan fingerprint density at radius 3 is 2.84 bits per heavy atom. The van der Waals surface area contributed by atoms with E-state index in [-0.39, 0.29) is 23.9 Å². The maximum absolute atomic E-state index is 12.7. The van der Waals surface area contributed by atoms with Crippen LogP contribution in [0.2, 0.25) is 0 Å². The van der Waals surface area contributed by atoms with Crippen LogP contribution in [0.5, 0.6) is 5.75 Å². The second-order valence-corrected chi connectivity index (χ2v) is 5.24. The zero-order chi connectivity index (χ0) is 13.8. The summed E-state index contributed by atoms with van der Waals surface area (Å²) in [6, 6.07) is 7.50. The highest BCUT2D eigenvalue weighted by atomic mass is 16.5. The maximum Gasteiger partial charge on any atom is 0.172 e. The number of hydrogen-bond acceptors (Lipinski definition) is 3. The number of benzene rings is 1. The van der Waals surface area contributed by atoms with E-state index >= 15 is 0 Å². The predicted octanol–water partition coefficient (Wildman–Crippen LogP) is 3.47. The minimum atomic E-state index is -0.0260. The fourth-order valence-corrected chi connectivity index (χ4v) is 2.58. The van der Waals surface area contributed by atoms with E-state index in [1.807, 2.05) is 38.1 Å². The molecule has 0 aliphatic carbocycles. The molecule has 0 spiro atoms. The van der Waals surface area contributed by atoms with E-state index in [1.54, 1.807) is 0 Å². The smallest absolute Gasteiger partial charge is 0.172 e. The van der Waals surface area contributed by atoms with Gasteiger partial charge in [-0.2, -0.15) is 0 Å². The molecule has 1 aliphatic heterocycles. The molecule has 1 aromatic rings. The normalized spacial score (nSPS) is 22.7. The minimum Gasteiger partial charge on any atom is -0.490 e. The van der Waals surface area contributed by atoms with Gasteiger partial charge >= 0.3 is 0 Å². The topological polar surface area (TPSA) is 35.5 Å². The molecule has 0 bridgehead atoms. The van der Waals surface area contributed by atoms with E-state index in [1.165, 1.54) is 0 Å². The zero-order valence-electron chi connectivity index (χ0n) is 11.9. The summed E-state index contributed by atoms with van der Waals surface area (Å²) in [5.41, 5.74) is 0.685. The summed E-state index contributed by atoms with van der Waals surface area (Å²) >= 11 is 0. The molecule has 1 heterocycles. The van der Waals surface area contributed by atoms with Crippen LogP contribution in [-0.4, -0.2) is 24.6 Å². The Labute approximate surface area is 114 Å². The van der Waals surface area contributed by atoms with Crippen molar-refractivity contribution in [3.63, 3.8) is 0 Å². The van der Waals surface area contributed by atoms with Crippen LogP contribution >= 0.6 is 0 Å². The van der Waals surface area contributed by atoms with Gasteiger partial charge in [0.1, 0.15) is 5.75 Å². The molecule has 19 heavy (non-hydrogen) atoms. The Bertz CT molecular complexity index is 439. The summed E-state index contributed by atoms with van der Waals surface area (Å²) < 4.78 is 11.3. The molecule has 0 aromatic heterocycles. The van der Waals surface area contributed by atoms with E-state index in [0.717, 1.165) is 12.8 Å². The second-order valence-electron chi connectivity index (χ2n) is 5.24. The summed E-state index contributed by atoms with van der Waals surface area (Å²) in [7, 11) is 0. The van der Waals surface area contributed by atoms with Crippen molar-refractivity contribution in [2.45, 2.75) is 45.8 Å². The summed E-state index contributed by atoms with van der Waals surface area (Å²) in [4.78, 5) is 12.7. The molecule has 2 unspecified atom stereocenters. The quantitative estimate of drug-likeness (QED) is 0.762. The zero-order valence-corrected chi connectivity index (χ0v) is 11.9. The molecule has 0 saturated carbocycles. The van der Waals surface area contributed by atoms with Gasteiger partial charge < -0.3 is 9.47 Å². The van der Waals surface area contributed by atoms with Crippen LogP contribution in [0.15, 0.2) is 24.3 Å². The average molecular weight is 262 g/mol. The molecule has 1 fully saturated rings. The van der Waals surface area contributed by atoms with Gasteiger partial charge in [0.05, 0.1) is 23.7 Å². The standard InChI is InChI=1S/C16H22O3/c1-4-14-13(9-10-18-14)16(17)12-7-5-6-8-15(12)19-11(2)3/h5-8,11,13-14H,4,9-10H2,1-3H3. The highest BCUT2D eigenvalue weighted by Crippen LogP contribution is 2.30. The molecule has 2 rings (SSSR count).